The van der Waals surface area contributed by atoms with Gasteiger partial charge in [0.15, 0.2) is 5.82 Å². The Bertz CT molecular complexity index is 1470. The highest BCUT2D eigenvalue weighted by atomic mass is 16.5. The first-order valence-corrected chi connectivity index (χ1v) is 12.1. The van der Waals surface area contributed by atoms with Crippen molar-refractivity contribution in [3.05, 3.63) is 96.1 Å². The molecule has 8 nitrogen and oxygen atoms in total. The van der Waals surface area contributed by atoms with Crippen LogP contribution in [0.5, 0.6) is 11.5 Å². The summed E-state index contributed by atoms with van der Waals surface area (Å²) in [6, 6.07) is 27.2. The summed E-state index contributed by atoms with van der Waals surface area (Å²) in [5, 5.41) is 18.8. The number of amides is 1. The SMILES string of the molecule is COc1c(-c2nnn[nH]2)ccc2cccc(NC(=O)c3ccc(OCCCCc4ccccc4)cc3)c12. The Balaban J connectivity index is 1.24. The fourth-order valence-electron chi connectivity index (χ4n) is 4.28. The van der Waals surface area contributed by atoms with Crippen molar-refractivity contribution in [3.8, 4) is 22.9 Å². The number of nitrogens with one attached hydrogen (secondary N) is 2. The third-order valence-corrected chi connectivity index (χ3v) is 6.14. The first-order chi connectivity index (χ1) is 18.2. The molecule has 0 radical (unpaired) electrons. The molecule has 0 unspecified atom stereocenters. The fraction of sp³-hybridized carbons (Fsp3) is 0.172. The summed E-state index contributed by atoms with van der Waals surface area (Å²) in [7, 11) is 1.58. The molecule has 0 aliphatic carbocycles. The average Bonchev–Trinajstić information content (AvgIpc) is 3.48. The smallest absolute Gasteiger partial charge is 0.255 e. The number of benzene rings is 4. The molecular formula is C29H27N5O3. The number of ether oxygens (including phenoxy) is 2. The van der Waals surface area contributed by atoms with Gasteiger partial charge in [0.1, 0.15) is 11.5 Å². The van der Waals surface area contributed by atoms with Crippen LogP contribution in [-0.2, 0) is 6.42 Å². The molecule has 0 aliphatic rings. The number of nitrogens with zero attached hydrogens (tertiary/aromatic N) is 3. The summed E-state index contributed by atoms with van der Waals surface area (Å²) in [6.07, 6.45) is 3.07. The van der Waals surface area contributed by atoms with E-state index in [1.807, 2.05) is 48.5 Å². The third-order valence-electron chi connectivity index (χ3n) is 6.14. The van der Waals surface area contributed by atoms with Crippen LogP contribution in [0.15, 0.2) is 84.9 Å². The van der Waals surface area contributed by atoms with Crippen LogP contribution in [0.3, 0.4) is 0 Å². The van der Waals surface area contributed by atoms with Gasteiger partial charge in [-0.2, -0.15) is 0 Å². The lowest BCUT2D eigenvalue weighted by Crippen LogP contribution is -2.12. The Kier molecular flexibility index (Phi) is 7.36. The lowest BCUT2D eigenvalue weighted by molar-refractivity contribution is 0.102. The quantitative estimate of drug-likeness (QED) is 0.243. The topological polar surface area (TPSA) is 102 Å². The van der Waals surface area contributed by atoms with Gasteiger partial charge in [0.05, 0.1) is 25.0 Å². The number of hydrogen-bond acceptors (Lipinski definition) is 6. The van der Waals surface area contributed by atoms with Crippen LogP contribution in [0.4, 0.5) is 5.69 Å². The second-order valence-electron chi connectivity index (χ2n) is 8.57. The van der Waals surface area contributed by atoms with Crippen molar-refractivity contribution < 1.29 is 14.3 Å². The molecule has 37 heavy (non-hydrogen) atoms. The number of anilines is 1. The number of tetrazole rings is 1. The third kappa shape index (κ3) is 5.59. The van der Waals surface area contributed by atoms with Gasteiger partial charge in [0.25, 0.3) is 5.91 Å². The van der Waals surface area contributed by atoms with Crippen molar-refractivity contribution in [2.24, 2.45) is 0 Å². The molecule has 8 heteroatoms. The van der Waals surface area contributed by atoms with E-state index in [-0.39, 0.29) is 5.91 Å². The lowest BCUT2D eigenvalue weighted by atomic mass is 10.0. The summed E-state index contributed by atoms with van der Waals surface area (Å²) >= 11 is 0. The summed E-state index contributed by atoms with van der Waals surface area (Å²) in [4.78, 5) is 13.1. The van der Waals surface area contributed by atoms with Crippen LogP contribution >= 0.6 is 0 Å². The van der Waals surface area contributed by atoms with Gasteiger partial charge in [-0.15, -0.1) is 5.10 Å². The van der Waals surface area contributed by atoms with Gasteiger partial charge >= 0.3 is 0 Å². The minimum absolute atomic E-state index is 0.226. The number of carbonyl (C=O) groups is 1. The van der Waals surface area contributed by atoms with Crippen LogP contribution in [-0.4, -0.2) is 40.2 Å². The molecule has 5 rings (SSSR count). The Labute approximate surface area is 214 Å². The zero-order valence-corrected chi connectivity index (χ0v) is 20.5. The Morgan fingerprint density at radius 1 is 0.919 bits per heavy atom. The molecule has 2 N–H and O–H groups in total. The summed E-state index contributed by atoms with van der Waals surface area (Å²) in [5.41, 5.74) is 3.20. The molecule has 5 aromatic rings. The van der Waals surface area contributed by atoms with E-state index >= 15 is 0 Å². The Morgan fingerprint density at radius 3 is 2.51 bits per heavy atom. The molecule has 4 aromatic carbocycles. The number of aromatic amines is 1. The van der Waals surface area contributed by atoms with Gasteiger partial charge in [-0.25, -0.2) is 5.10 Å². The monoisotopic (exact) mass is 493 g/mol. The first kappa shape index (κ1) is 24.0. The zero-order chi connectivity index (χ0) is 25.5. The summed E-state index contributed by atoms with van der Waals surface area (Å²) in [6.45, 7) is 0.636. The lowest BCUT2D eigenvalue weighted by Gasteiger charge is -2.14. The van der Waals surface area contributed by atoms with E-state index < -0.39 is 0 Å². The molecule has 0 spiro atoms. The number of methoxy groups -OCH3 is 1. The van der Waals surface area contributed by atoms with E-state index in [9.17, 15) is 4.79 Å². The van der Waals surface area contributed by atoms with E-state index in [2.05, 4.69) is 50.2 Å². The van der Waals surface area contributed by atoms with Gasteiger partial charge in [-0.1, -0.05) is 48.5 Å². The van der Waals surface area contributed by atoms with Crippen LogP contribution in [0.2, 0.25) is 0 Å². The fourth-order valence-corrected chi connectivity index (χ4v) is 4.28. The van der Waals surface area contributed by atoms with Crippen molar-refractivity contribution in [1.29, 1.82) is 0 Å². The molecule has 0 fully saturated rings. The van der Waals surface area contributed by atoms with E-state index in [0.717, 1.165) is 35.8 Å². The number of aromatic nitrogens is 4. The second-order valence-corrected chi connectivity index (χ2v) is 8.57. The van der Waals surface area contributed by atoms with Crippen molar-refractivity contribution in [1.82, 2.24) is 20.6 Å². The minimum atomic E-state index is -0.226. The molecular weight excluding hydrogens is 466 g/mol. The number of unbranched alkanes of at least 4 members (excludes halogenated alkanes) is 1. The number of aryl methyl sites for hydroxylation is 1. The van der Waals surface area contributed by atoms with E-state index in [1.54, 1.807) is 19.2 Å². The van der Waals surface area contributed by atoms with Gasteiger partial charge in [-0.3, -0.25) is 4.79 Å². The Hall–Kier alpha value is -4.72. The first-order valence-electron chi connectivity index (χ1n) is 12.1. The maximum atomic E-state index is 13.1. The highest BCUT2D eigenvalue weighted by Crippen LogP contribution is 2.39. The standard InChI is InChI=1S/C29H27N5O3/c1-36-27-24(28-31-33-34-32-28)18-15-21-11-7-12-25(26(21)27)30-29(35)22-13-16-23(17-14-22)37-19-6-5-10-20-8-3-2-4-9-20/h2-4,7-9,11-18H,5-6,10,19H2,1H3,(H,30,35)(H,31,32,33,34). The average molecular weight is 494 g/mol. The largest absolute Gasteiger partial charge is 0.495 e. The van der Waals surface area contributed by atoms with Crippen molar-refractivity contribution in [3.63, 3.8) is 0 Å². The predicted octanol–water partition coefficient (Wildman–Crippen LogP) is 5.68. The molecule has 0 bridgehead atoms. The van der Waals surface area contributed by atoms with E-state index in [0.29, 0.717) is 35.0 Å². The van der Waals surface area contributed by atoms with Crippen molar-refractivity contribution in [2.75, 3.05) is 19.0 Å². The molecule has 1 aromatic heterocycles. The maximum absolute atomic E-state index is 13.1. The molecule has 1 amide bonds. The molecule has 0 saturated heterocycles. The van der Waals surface area contributed by atoms with Crippen LogP contribution in [0.25, 0.3) is 22.2 Å². The molecule has 0 saturated carbocycles. The maximum Gasteiger partial charge on any atom is 0.255 e. The van der Waals surface area contributed by atoms with Gasteiger partial charge in [-0.05, 0) is 77.0 Å². The van der Waals surface area contributed by atoms with Crippen LogP contribution < -0.4 is 14.8 Å². The normalized spacial score (nSPS) is 10.8. The second kappa shape index (κ2) is 11.3. The van der Waals surface area contributed by atoms with Gasteiger partial charge in [0, 0.05) is 10.9 Å². The number of H-pyrrole nitrogens is 1. The number of hydrogen-bond donors (Lipinski definition) is 2. The highest BCUT2D eigenvalue weighted by molar-refractivity contribution is 6.11. The van der Waals surface area contributed by atoms with Crippen molar-refractivity contribution in [2.45, 2.75) is 19.3 Å². The van der Waals surface area contributed by atoms with Gasteiger partial charge in [0.2, 0.25) is 0 Å². The molecule has 0 atom stereocenters. The minimum Gasteiger partial charge on any atom is -0.495 e. The van der Waals surface area contributed by atoms with Crippen LogP contribution in [0, 0.1) is 0 Å². The molecule has 186 valence electrons. The zero-order valence-electron chi connectivity index (χ0n) is 20.5. The van der Waals surface area contributed by atoms with Crippen molar-refractivity contribution >= 4 is 22.4 Å². The summed E-state index contributed by atoms with van der Waals surface area (Å²) in [5.74, 6) is 1.57. The number of fused-ring (bicyclic) bond motifs is 1. The number of rotatable bonds is 10. The molecule has 1 heterocycles. The number of carbonyl (C=O) groups excluding carboxylic acids is 1. The highest BCUT2D eigenvalue weighted by Gasteiger charge is 2.17. The van der Waals surface area contributed by atoms with Gasteiger partial charge < -0.3 is 14.8 Å². The Morgan fingerprint density at radius 2 is 1.76 bits per heavy atom. The van der Waals surface area contributed by atoms with E-state index in [4.69, 9.17) is 9.47 Å². The predicted molar refractivity (Wildman–Crippen MR) is 143 cm³/mol. The summed E-state index contributed by atoms with van der Waals surface area (Å²) < 4.78 is 11.6. The van der Waals surface area contributed by atoms with Crippen LogP contribution in [0.1, 0.15) is 28.8 Å². The molecule has 0 aliphatic heterocycles. The van der Waals surface area contributed by atoms with E-state index in [1.165, 1.54) is 5.56 Å².